The van der Waals surface area contributed by atoms with E-state index in [4.69, 9.17) is 0 Å². The molecule has 9 nitrogen and oxygen atoms in total. The number of nitrogens with one attached hydrogen (secondary N) is 2. The fourth-order valence-electron chi connectivity index (χ4n) is 5.44. The number of benzene rings is 1. The van der Waals surface area contributed by atoms with E-state index in [9.17, 15) is 22.8 Å². The maximum Gasteiger partial charge on any atom is 0.331 e. The number of aromatic nitrogens is 2. The molecule has 2 aliphatic rings. The Labute approximate surface area is 222 Å². The van der Waals surface area contributed by atoms with Crippen LogP contribution in [0.2, 0.25) is 0 Å². The Morgan fingerprint density at radius 3 is 2.29 bits per heavy atom. The van der Waals surface area contributed by atoms with E-state index >= 15 is 4.39 Å². The molecule has 4 rings (SSSR count). The molecule has 2 saturated carbocycles. The standard InChI is InChI=1S/C27H39FN4O5S/c1-27(2,3)38(36,37)30-24(33)14-9-15-31-25(34)20-16-21(28)22(29-18-10-5-4-6-11-18)17-23(20)32(26(31)35)19-12-7-8-13-19/h16-19,29H,4-15H2,1-3H3,(H,30,33). The molecule has 2 aromatic rings. The van der Waals surface area contributed by atoms with Gasteiger partial charge in [-0.05, 0) is 65.0 Å². The van der Waals surface area contributed by atoms with Gasteiger partial charge >= 0.3 is 5.69 Å². The minimum Gasteiger partial charge on any atom is -0.380 e. The normalized spacial score (nSPS) is 17.7. The number of anilines is 1. The van der Waals surface area contributed by atoms with Gasteiger partial charge in [-0.25, -0.2) is 17.6 Å². The second-order valence-electron chi connectivity index (χ2n) is 11.6. The number of hydrogen-bond donors (Lipinski definition) is 2. The number of carbonyl (C=O) groups excluding carboxylic acids is 1. The summed E-state index contributed by atoms with van der Waals surface area (Å²) < 4.78 is 43.3. The van der Waals surface area contributed by atoms with Crippen molar-refractivity contribution in [1.29, 1.82) is 0 Å². The molecule has 2 N–H and O–H groups in total. The van der Waals surface area contributed by atoms with Crippen LogP contribution < -0.4 is 21.3 Å². The van der Waals surface area contributed by atoms with Crippen LogP contribution in [0.5, 0.6) is 0 Å². The summed E-state index contributed by atoms with van der Waals surface area (Å²) in [5, 5.41) is 3.42. The number of nitrogens with zero attached hydrogens (tertiary/aromatic N) is 2. The number of rotatable bonds is 8. The largest absolute Gasteiger partial charge is 0.380 e. The molecule has 0 atom stereocenters. The molecule has 1 heterocycles. The molecule has 0 saturated heterocycles. The van der Waals surface area contributed by atoms with Crippen molar-refractivity contribution in [3.8, 4) is 0 Å². The van der Waals surface area contributed by atoms with E-state index in [-0.39, 0.29) is 36.9 Å². The molecule has 0 aliphatic heterocycles. The Balaban J connectivity index is 1.64. The van der Waals surface area contributed by atoms with Gasteiger partial charge in [0.15, 0.2) is 0 Å². The second kappa shape index (κ2) is 11.2. The lowest BCUT2D eigenvalue weighted by atomic mass is 9.95. The van der Waals surface area contributed by atoms with E-state index in [2.05, 4.69) is 10.0 Å². The molecule has 38 heavy (non-hydrogen) atoms. The average Bonchev–Trinajstić information content (AvgIpc) is 3.36. The fourth-order valence-corrected chi connectivity index (χ4v) is 6.15. The molecule has 1 amide bonds. The minimum absolute atomic E-state index is 0.0764. The Morgan fingerprint density at radius 2 is 1.66 bits per heavy atom. The van der Waals surface area contributed by atoms with E-state index in [0.29, 0.717) is 11.2 Å². The summed E-state index contributed by atoms with van der Waals surface area (Å²) in [7, 11) is -3.86. The van der Waals surface area contributed by atoms with Gasteiger partial charge in [-0.3, -0.25) is 23.4 Å². The lowest BCUT2D eigenvalue weighted by Crippen LogP contribution is -2.43. The molecule has 0 unspecified atom stereocenters. The highest BCUT2D eigenvalue weighted by molar-refractivity contribution is 7.91. The zero-order valence-electron chi connectivity index (χ0n) is 22.5. The predicted molar refractivity (Wildman–Crippen MR) is 146 cm³/mol. The summed E-state index contributed by atoms with van der Waals surface area (Å²) in [6.07, 6.45) is 8.69. The lowest BCUT2D eigenvalue weighted by Gasteiger charge is -2.25. The third-order valence-corrected chi connectivity index (χ3v) is 9.86. The third-order valence-electron chi connectivity index (χ3n) is 7.75. The van der Waals surface area contributed by atoms with E-state index < -0.39 is 37.7 Å². The molecule has 1 aromatic heterocycles. The third kappa shape index (κ3) is 5.97. The number of fused-ring (bicyclic) bond motifs is 1. The number of amides is 1. The van der Waals surface area contributed by atoms with Crippen LogP contribution in [0.3, 0.4) is 0 Å². The first-order valence-electron chi connectivity index (χ1n) is 13.7. The van der Waals surface area contributed by atoms with Gasteiger partial charge in [0.2, 0.25) is 15.9 Å². The van der Waals surface area contributed by atoms with Crippen molar-refractivity contribution in [1.82, 2.24) is 13.9 Å². The van der Waals surface area contributed by atoms with Crippen molar-refractivity contribution < 1.29 is 17.6 Å². The Morgan fingerprint density at radius 1 is 1.03 bits per heavy atom. The van der Waals surface area contributed by atoms with Crippen LogP contribution in [0.15, 0.2) is 21.7 Å². The maximum absolute atomic E-state index is 15.2. The van der Waals surface area contributed by atoms with Crippen LogP contribution >= 0.6 is 0 Å². The first kappa shape index (κ1) is 28.3. The van der Waals surface area contributed by atoms with Gasteiger partial charge in [-0.2, -0.15) is 0 Å². The highest BCUT2D eigenvalue weighted by Crippen LogP contribution is 2.32. The molecule has 0 spiro atoms. The van der Waals surface area contributed by atoms with E-state index in [1.807, 2.05) is 0 Å². The Kier molecular flexibility index (Phi) is 8.34. The quantitative estimate of drug-likeness (QED) is 0.509. The van der Waals surface area contributed by atoms with Gasteiger partial charge in [0, 0.05) is 25.0 Å². The summed E-state index contributed by atoms with van der Waals surface area (Å²) >= 11 is 0. The zero-order valence-corrected chi connectivity index (χ0v) is 23.3. The zero-order chi connectivity index (χ0) is 27.7. The second-order valence-corrected chi connectivity index (χ2v) is 14.1. The first-order chi connectivity index (χ1) is 17.9. The highest BCUT2D eigenvalue weighted by Gasteiger charge is 2.30. The number of halogens is 1. The predicted octanol–water partition coefficient (Wildman–Crippen LogP) is 4.19. The van der Waals surface area contributed by atoms with Crippen LogP contribution in [0, 0.1) is 5.82 Å². The Hall–Kier alpha value is -2.69. The molecule has 11 heteroatoms. The van der Waals surface area contributed by atoms with Crippen LogP contribution in [-0.4, -0.2) is 34.2 Å². The van der Waals surface area contributed by atoms with Crippen molar-refractivity contribution in [2.45, 2.75) is 115 Å². The summed E-state index contributed by atoms with van der Waals surface area (Å²) in [5.41, 5.74) is -0.348. The summed E-state index contributed by atoms with van der Waals surface area (Å²) in [6, 6.07) is 2.89. The van der Waals surface area contributed by atoms with Crippen molar-refractivity contribution in [3.63, 3.8) is 0 Å². The van der Waals surface area contributed by atoms with Crippen LogP contribution in [-0.2, 0) is 21.4 Å². The summed E-state index contributed by atoms with van der Waals surface area (Å²) in [5.74, 6) is -1.23. The van der Waals surface area contributed by atoms with Crippen LogP contribution in [0.25, 0.3) is 10.9 Å². The lowest BCUT2D eigenvalue weighted by molar-refractivity contribution is -0.119. The molecular weight excluding hydrogens is 511 g/mol. The van der Waals surface area contributed by atoms with Crippen molar-refractivity contribution in [2.75, 3.05) is 5.32 Å². The molecule has 0 bridgehead atoms. The minimum atomic E-state index is -3.86. The van der Waals surface area contributed by atoms with Crippen molar-refractivity contribution in [2.24, 2.45) is 0 Å². The smallest absolute Gasteiger partial charge is 0.331 e. The topological polar surface area (TPSA) is 119 Å². The SMILES string of the molecule is CC(C)(C)S(=O)(=O)NC(=O)CCCn1c(=O)c2cc(F)c(NC3CCCCC3)cc2n(C2CCCC2)c1=O. The highest BCUT2D eigenvalue weighted by atomic mass is 32.2. The van der Waals surface area contributed by atoms with Gasteiger partial charge in [0.25, 0.3) is 5.56 Å². The summed E-state index contributed by atoms with van der Waals surface area (Å²) in [4.78, 5) is 39.3. The fraction of sp³-hybridized carbons (Fsp3) is 0.667. The van der Waals surface area contributed by atoms with Gasteiger partial charge in [0.05, 0.1) is 21.3 Å². The monoisotopic (exact) mass is 550 g/mol. The average molecular weight is 551 g/mol. The number of sulfonamides is 1. The Bertz CT molecular complexity index is 1410. The molecule has 2 fully saturated rings. The van der Waals surface area contributed by atoms with Crippen molar-refractivity contribution in [3.05, 3.63) is 38.8 Å². The van der Waals surface area contributed by atoms with E-state index in [1.54, 1.807) is 10.6 Å². The molecule has 210 valence electrons. The van der Waals surface area contributed by atoms with Gasteiger partial charge in [-0.15, -0.1) is 0 Å². The maximum atomic E-state index is 15.2. The number of hydrogen-bond acceptors (Lipinski definition) is 6. The number of carbonyl (C=O) groups is 1. The summed E-state index contributed by atoms with van der Waals surface area (Å²) in [6.45, 7) is 4.38. The van der Waals surface area contributed by atoms with Crippen molar-refractivity contribution >= 4 is 32.5 Å². The van der Waals surface area contributed by atoms with Crippen LogP contribution in [0.1, 0.15) is 97.4 Å². The molecule has 2 aliphatic carbocycles. The van der Waals surface area contributed by atoms with Gasteiger partial charge < -0.3 is 5.32 Å². The van der Waals surface area contributed by atoms with Gasteiger partial charge in [0.1, 0.15) is 5.82 Å². The first-order valence-corrected chi connectivity index (χ1v) is 15.2. The van der Waals surface area contributed by atoms with Gasteiger partial charge in [-0.1, -0.05) is 32.1 Å². The van der Waals surface area contributed by atoms with E-state index in [0.717, 1.165) is 55.9 Å². The van der Waals surface area contributed by atoms with E-state index in [1.165, 1.54) is 33.3 Å². The molecule has 1 aromatic carbocycles. The van der Waals surface area contributed by atoms with Crippen LogP contribution in [0.4, 0.5) is 10.1 Å². The molecule has 0 radical (unpaired) electrons. The molecular formula is C27H39FN4O5S.